The van der Waals surface area contributed by atoms with Crippen LogP contribution in [0.2, 0.25) is 0 Å². The van der Waals surface area contributed by atoms with Crippen LogP contribution in [-0.2, 0) is 11.8 Å². The van der Waals surface area contributed by atoms with Gasteiger partial charge in [0, 0.05) is 7.05 Å². The van der Waals surface area contributed by atoms with Crippen LogP contribution in [0.5, 0.6) is 0 Å². The number of esters is 1. The van der Waals surface area contributed by atoms with Crippen LogP contribution in [-0.4, -0.2) is 21.9 Å². The van der Waals surface area contributed by atoms with Gasteiger partial charge in [0.15, 0.2) is 5.69 Å². The normalized spacial score (nSPS) is 24.6. The van der Waals surface area contributed by atoms with Crippen molar-refractivity contribution in [2.45, 2.75) is 38.7 Å². The lowest BCUT2D eigenvalue weighted by atomic mass is 9.88. The lowest BCUT2D eigenvalue weighted by Gasteiger charge is -2.28. The first-order valence-electron chi connectivity index (χ1n) is 6.08. The number of aromatic nitrogens is 2. The molecule has 0 radical (unpaired) electrons. The van der Waals surface area contributed by atoms with Crippen LogP contribution in [0.25, 0.3) is 0 Å². The first-order valence-corrected chi connectivity index (χ1v) is 6.08. The third kappa shape index (κ3) is 2.43. The van der Waals surface area contributed by atoms with Crippen molar-refractivity contribution in [1.29, 1.82) is 0 Å². The third-order valence-electron chi connectivity index (χ3n) is 3.45. The number of ether oxygens (including phenoxy) is 1. The van der Waals surface area contributed by atoms with E-state index in [4.69, 9.17) is 10.5 Å². The van der Waals surface area contributed by atoms with E-state index < -0.39 is 0 Å². The summed E-state index contributed by atoms with van der Waals surface area (Å²) in [5, 5.41) is 3.94. The van der Waals surface area contributed by atoms with Gasteiger partial charge in [-0.1, -0.05) is 13.3 Å². The van der Waals surface area contributed by atoms with Gasteiger partial charge in [-0.25, -0.2) is 4.79 Å². The molecule has 1 heterocycles. The number of rotatable bonds is 2. The summed E-state index contributed by atoms with van der Waals surface area (Å²) in [7, 11) is 1.69. The van der Waals surface area contributed by atoms with E-state index >= 15 is 0 Å². The zero-order chi connectivity index (χ0) is 12.4. The highest BCUT2D eigenvalue weighted by atomic mass is 16.5. The Labute approximate surface area is 101 Å². The van der Waals surface area contributed by atoms with Gasteiger partial charge in [0.25, 0.3) is 0 Å². The van der Waals surface area contributed by atoms with E-state index in [0.29, 0.717) is 17.3 Å². The Morgan fingerprint density at radius 2 is 2.24 bits per heavy atom. The van der Waals surface area contributed by atoms with Gasteiger partial charge in [-0.05, 0) is 25.2 Å². The topological polar surface area (TPSA) is 70.1 Å². The SMILES string of the molecule is CC1CCCCC1OC(=O)c1c(N)cnn1C. The molecule has 1 saturated carbocycles. The summed E-state index contributed by atoms with van der Waals surface area (Å²) in [6.07, 6.45) is 5.92. The molecule has 1 aromatic heterocycles. The Kier molecular flexibility index (Phi) is 3.36. The molecule has 0 aliphatic heterocycles. The molecule has 2 atom stereocenters. The first-order chi connectivity index (χ1) is 8.09. The fraction of sp³-hybridized carbons (Fsp3) is 0.667. The number of hydrogen-bond acceptors (Lipinski definition) is 4. The molecule has 2 unspecified atom stereocenters. The van der Waals surface area contributed by atoms with Crippen molar-refractivity contribution in [1.82, 2.24) is 9.78 Å². The van der Waals surface area contributed by atoms with Crippen molar-refractivity contribution in [2.75, 3.05) is 5.73 Å². The molecule has 0 saturated heterocycles. The highest BCUT2D eigenvalue weighted by molar-refractivity contribution is 5.93. The van der Waals surface area contributed by atoms with E-state index in [-0.39, 0.29) is 12.1 Å². The van der Waals surface area contributed by atoms with E-state index in [1.807, 2.05) is 0 Å². The van der Waals surface area contributed by atoms with Crippen LogP contribution >= 0.6 is 0 Å². The second-order valence-corrected chi connectivity index (χ2v) is 4.78. The summed E-state index contributed by atoms with van der Waals surface area (Å²) in [5.41, 5.74) is 6.42. The van der Waals surface area contributed by atoms with Crippen LogP contribution in [0.4, 0.5) is 5.69 Å². The summed E-state index contributed by atoms with van der Waals surface area (Å²) >= 11 is 0. The van der Waals surface area contributed by atoms with E-state index in [9.17, 15) is 4.79 Å². The summed E-state index contributed by atoms with van der Waals surface area (Å²) in [4.78, 5) is 12.0. The Morgan fingerprint density at radius 1 is 1.53 bits per heavy atom. The largest absolute Gasteiger partial charge is 0.457 e. The number of hydrogen-bond donors (Lipinski definition) is 1. The zero-order valence-corrected chi connectivity index (χ0v) is 10.3. The quantitative estimate of drug-likeness (QED) is 0.795. The van der Waals surface area contributed by atoms with Crippen molar-refractivity contribution >= 4 is 11.7 Å². The maximum Gasteiger partial charge on any atom is 0.359 e. The molecule has 1 aliphatic rings. The standard InChI is InChI=1S/C12H19N3O2/c1-8-5-3-4-6-10(8)17-12(16)11-9(13)7-14-15(11)2/h7-8,10H,3-6,13H2,1-2H3. The van der Waals surface area contributed by atoms with Crippen molar-refractivity contribution < 1.29 is 9.53 Å². The van der Waals surface area contributed by atoms with Gasteiger partial charge in [-0.3, -0.25) is 4.68 Å². The molecule has 17 heavy (non-hydrogen) atoms. The van der Waals surface area contributed by atoms with Gasteiger partial charge < -0.3 is 10.5 Å². The first kappa shape index (κ1) is 12.0. The molecule has 1 aromatic rings. The molecule has 1 aliphatic carbocycles. The van der Waals surface area contributed by atoms with E-state index in [0.717, 1.165) is 19.3 Å². The Bertz CT molecular complexity index is 394. The molecule has 94 valence electrons. The van der Waals surface area contributed by atoms with Crippen molar-refractivity contribution in [3.63, 3.8) is 0 Å². The predicted octanol–water partition coefficient (Wildman–Crippen LogP) is 1.74. The summed E-state index contributed by atoms with van der Waals surface area (Å²) in [5.74, 6) is 0.0726. The Morgan fingerprint density at radius 3 is 2.82 bits per heavy atom. The molecular formula is C12H19N3O2. The fourth-order valence-electron chi connectivity index (χ4n) is 2.36. The van der Waals surface area contributed by atoms with Crippen molar-refractivity contribution in [2.24, 2.45) is 13.0 Å². The summed E-state index contributed by atoms with van der Waals surface area (Å²) in [6, 6.07) is 0. The predicted molar refractivity (Wildman–Crippen MR) is 64.5 cm³/mol. The maximum atomic E-state index is 12.0. The zero-order valence-electron chi connectivity index (χ0n) is 10.3. The number of carbonyl (C=O) groups excluding carboxylic acids is 1. The molecule has 0 bridgehead atoms. The molecule has 0 amide bonds. The average Bonchev–Trinajstić information content (AvgIpc) is 2.62. The number of nitrogen functional groups attached to an aromatic ring is 1. The Balaban J connectivity index is 2.06. The number of anilines is 1. The Hall–Kier alpha value is -1.52. The minimum absolute atomic E-state index is 0.0190. The molecule has 5 nitrogen and oxygen atoms in total. The van der Waals surface area contributed by atoms with Gasteiger partial charge in [0.2, 0.25) is 0 Å². The van der Waals surface area contributed by atoms with E-state index in [2.05, 4.69) is 12.0 Å². The number of aryl methyl sites for hydroxylation is 1. The molecule has 1 fully saturated rings. The molecular weight excluding hydrogens is 218 g/mol. The van der Waals surface area contributed by atoms with E-state index in [1.54, 1.807) is 7.05 Å². The maximum absolute atomic E-state index is 12.0. The van der Waals surface area contributed by atoms with Crippen LogP contribution in [0, 0.1) is 5.92 Å². The van der Waals surface area contributed by atoms with Gasteiger partial charge in [-0.2, -0.15) is 5.10 Å². The highest BCUT2D eigenvalue weighted by Crippen LogP contribution is 2.27. The highest BCUT2D eigenvalue weighted by Gasteiger charge is 2.27. The molecule has 5 heteroatoms. The summed E-state index contributed by atoms with van der Waals surface area (Å²) in [6.45, 7) is 2.13. The minimum Gasteiger partial charge on any atom is -0.457 e. The van der Waals surface area contributed by atoms with Crippen LogP contribution in [0.15, 0.2) is 6.20 Å². The number of nitrogens with two attached hydrogens (primary N) is 1. The smallest absolute Gasteiger partial charge is 0.359 e. The third-order valence-corrected chi connectivity index (χ3v) is 3.45. The molecule has 0 spiro atoms. The summed E-state index contributed by atoms with van der Waals surface area (Å²) < 4.78 is 6.99. The average molecular weight is 237 g/mol. The molecule has 2 N–H and O–H groups in total. The van der Waals surface area contributed by atoms with Crippen LogP contribution < -0.4 is 5.73 Å². The lowest BCUT2D eigenvalue weighted by Crippen LogP contribution is -2.29. The van der Waals surface area contributed by atoms with Crippen molar-refractivity contribution in [3.8, 4) is 0 Å². The van der Waals surface area contributed by atoms with Crippen LogP contribution in [0.1, 0.15) is 43.1 Å². The van der Waals surface area contributed by atoms with E-state index in [1.165, 1.54) is 17.3 Å². The van der Waals surface area contributed by atoms with Crippen molar-refractivity contribution in [3.05, 3.63) is 11.9 Å². The lowest BCUT2D eigenvalue weighted by molar-refractivity contribution is 0.00383. The van der Waals surface area contributed by atoms with Gasteiger partial charge in [-0.15, -0.1) is 0 Å². The second-order valence-electron chi connectivity index (χ2n) is 4.78. The second kappa shape index (κ2) is 4.77. The number of carbonyl (C=O) groups is 1. The van der Waals surface area contributed by atoms with Gasteiger partial charge >= 0.3 is 5.97 Å². The molecule has 2 rings (SSSR count). The minimum atomic E-state index is -0.360. The fourth-order valence-corrected chi connectivity index (χ4v) is 2.36. The molecule has 0 aromatic carbocycles. The van der Waals surface area contributed by atoms with Gasteiger partial charge in [0.1, 0.15) is 6.10 Å². The van der Waals surface area contributed by atoms with Gasteiger partial charge in [0.05, 0.1) is 11.9 Å². The number of nitrogens with zero attached hydrogens (tertiary/aromatic N) is 2. The monoisotopic (exact) mass is 237 g/mol. The van der Waals surface area contributed by atoms with Crippen LogP contribution in [0.3, 0.4) is 0 Å².